The molecule has 0 aromatic carbocycles. The van der Waals surface area contributed by atoms with Crippen molar-refractivity contribution in [3.05, 3.63) is 0 Å². The van der Waals surface area contributed by atoms with Gasteiger partial charge in [-0.2, -0.15) is 0 Å². The van der Waals surface area contributed by atoms with E-state index in [0.29, 0.717) is 24.7 Å². The van der Waals surface area contributed by atoms with Gasteiger partial charge in [0.1, 0.15) is 0 Å². The van der Waals surface area contributed by atoms with E-state index in [2.05, 4.69) is 5.32 Å². The second-order valence-corrected chi connectivity index (χ2v) is 5.61. The van der Waals surface area contributed by atoms with Gasteiger partial charge in [-0.1, -0.05) is 37.9 Å². The number of carbonyl (C=O) groups is 1. The van der Waals surface area contributed by atoms with Gasteiger partial charge >= 0.3 is 0 Å². The first-order valence-electron chi connectivity index (χ1n) is 7.29. The average Bonchev–Trinajstić information content (AvgIpc) is 2.64. The Hall–Kier alpha value is -0.680. The number of amides is 1. The van der Waals surface area contributed by atoms with Crippen LogP contribution in [0.25, 0.3) is 0 Å². The third kappa shape index (κ3) is 4.73. The minimum Gasteiger partial charge on any atom is -0.392 e. The Morgan fingerprint density at radius 2 is 1.95 bits per heavy atom. The van der Waals surface area contributed by atoms with Crippen LogP contribution < -0.4 is 11.1 Å². The molecule has 1 saturated carbocycles. The van der Waals surface area contributed by atoms with Crippen LogP contribution in [0.4, 0.5) is 0 Å². The van der Waals surface area contributed by atoms with Crippen molar-refractivity contribution in [3.63, 3.8) is 0 Å². The van der Waals surface area contributed by atoms with Crippen LogP contribution >= 0.6 is 12.2 Å². The Kier molecular flexibility index (Phi) is 7.31. The lowest BCUT2D eigenvalue weighted by Crippen LogP contribution is -2.49. The van der Waals surface area contributed by atoms with Crippen molar-refractivity contribution in [1.29, 1.82) is 0 Å². The van der Waals surface area contributed by atoms with E-state index in [1.54, 1.807) is 0 Å². The molecule has 0 heterocycles. The van der Waals surface area contributed by atoms with E-state index in [-0.39, 0.29) is 5.91 Å². The summed E-state index contributed by atoms with van der Waals surface area (Å²) in [6.45, 7) is 3.98. The van der Waals surface area contributed by atoms with Crippen LogP contribution in [-0.4, -0.2) is 30.7 Å². The third-order valence-corrected chi connectivity index (χ3v) is 4.21. The molecule has 110 valence electrons. The Morgan fingerprint density at radius 1 is 1.32 bits per heavy atom. The lowest BCUT2D eigenvalue weighted by atomic mass is 9.79. The van der Waals surface area contributed by atoms with Crippen LogP contribution in [0.15, 0.2) is 0 Å². The van der Waals surface area contributed by atoms with Crippen LogP contribution in [0, 0.1) is 5.41 Å². The Balaban J connectivity index is 2.50. The van der Waals surface area contributed by atoms with Crippen LogP contribution in [0.5, 0.6) is 0 Å². The van der Waals surface area contributed by atoms with E-state index in [1.165, 1.54) is 12.8 Å². The molecule has 0 saturated heterocycles. The molecule has 1 amide bonds. The van der Waals surface area contributed by atoms with Gasteiger partial charge in [-0.15, -0.1) is 0 Å². The Morgan fingerprint density at radius 3 is 2.47 bits per heavy atom. The highest BCUT2D eigenvalue weighted by Crippen LogP contribution is 2.35. The second kappa shape index (κ2) is 8.48. The van der Waals surface area contributed by atoms with Crippen molar-refractivity contribution in [1.82, 2.24) is 5.32 Å². The summed E-state index contributed by atoms with van der Waals surface area (Å²) < 4.78 is 5.25. The van der Waals surface area contributed by atoms with E-state index in [4.69, 9.17) is 22.7 Å². The van der Waals surface area contributed by atoms with Gasteiger partial charge in [0.15, 0.2) is 0 Å². The molecule has 4 nitrogen and oxygen atoms in total. The monoisotopic (exact) mass is 286 g/mol. The molecule has 1 rings (SSSR count). The maximum Gasteiger partial charge on any atom is 0.233 e. The molecule has 0 spiro atoms. The number of carbonyl (C=O) groups excluding carboxylic acids is 1. The van der Waals surface area contributed by atoms with Crippen molar-refractivity contribution < 1.29 is 9.53 Å². The number of ether oxygens (including phenoxy) is 1. The molecule has 1 aliphatic rings. The maximum absolute atomic E-state index is 12.4. The minimum absolute atomic E-state index is 0.0124. The first kappa shape index (κ1) is 16.4. The van der Waals surface area contributed by atoms with Gasteiger partial charge in [-0.25, -0.2) is 0 Å². The number of hydrogen-bond acceptors (Lipinski definition) is 3. The first-order chi connectivity index (χ1) is 9.13. The van der Waals surface area contributed by atoms with E-state index in [9.17, 15) is 4.79 Å². The summed E-state index contributed by atoms with van der Waals surface area (Å²) in [4.78, 5) is 12.8. The lowest BCUT2D eigenvalue weighted by Gasteiger charge is -2.30. The zero-order valence-corrected chi connectivity index (χ0v) is 12.7. The molecule has 0 bridgehead atoms. The smallest absolute Gasteiger partial charge is 0.233 e. The van der Waals surface area contributed by atoms with Gasteiger partial charge in [-0.3, -0.25) is 4.79 Å². The molecule has 0 unspecified atom stereocenters. The highest BCUT2D eigenvalue weighted by molar-refractivity contribution is 7.80. The molecule has 0 aliphatic heterocycles. The van der Waals surface area contributed by atoms with Crippen LogP contribution in [0.2, 0.25) is 0 Å². The number of nitrogens with one attached hydrogen (secondary N) is 1. The largest absolute Gasteiger partial charge is 0.392 e. The summed E-state index contributed by atoms with van der Waals surface area (Å²) in [5.74, 6) is 0.0124. The summed E-state index contributed by atoms with van der Waals surface area (Å²) in [6.07, 6.45) is 6.81. The molecule has 5 heteroatoms. The van der Waals surface area contributed by atoms with E-state index in [1.807, 2.05) is 6.92 Å². The van der Waals surface area contributed by atoms with Crippen molar-refractivity contribution in [2.75, 3.05) is 19.8 Å². The number of thiocarbonyl (C=S) groups is 1. The van der Waals surface area contributed by atoms with E-state index in [0.717, 1.165) is 32.1 Å². The zero-order valence-electron chi connectivity index (χ0n) is 11.9. The molecular weight excluding hydrogens is 260 g/mol. The summed E-state index contributed by atoms with van der Waals surface area (Å²) >= 11 is 5.18. The number of rotatable bonds is 7. The Bertz CT molecular complexity index is 300. The van der Waals surface area contributed by atoms with Gasteiger partial charge in [0.2, 0.25) is 5.91 Å². The number of nitrogens with two attached hydrogens (primary N) is 1. The predicted molar refractivity (Wildman–Crippen MR) is 81.0 cm³/mol. The fourth-order valence-corrected chi connectivity index (χ4v) is 2.90. The van der Waals surface area contributed by atoms with Gasteiger partial charge < -0.3 is 15.8 Å². The number of hydrogen-bond donors (Lipinski definition) is 2. The highest BCUT2D eigenvalue weighted by Gasteiger charge is 2.41. The molecule has 1 fully saturated rings. The average molecular weight is 286 g/mol. The second-order valence-electron chi connectivity index (χ2n) is 5.17. The quantitative estimate of drug-likeness (QED) is 0.428. The summed E-state index contributed by atoms with van der Waals surface area (Å²) in [5.41, 5.74) is 5.26. The van der Waals surface area contributed by atoms with Crippen LogP contribution in [0.1, 0.15) is 51.9 Å². The molecule has 0 aromatic rings. The SMILES string of the molecule is CCOCCCNC(=O)C1(C(N)=S)CCCCCC1. The highest BCUT2D eigenvalue weighted by atomic mass is 32.1. The summed E-state index contributed by atoms with van der Waals surface area (Å²) in [7, 11) is 0. The standard InChI is InChI=1S/C14H26N2O2S/c1-2-18-11-7-10-16-13(17)14(12(15)19)8-5-3-4-6-9-14/h2-11H2,1H3,(H2,15,19)(H,16,17). The Labute approximate surface area is 121 Å². The molecule has 1 aliphatic carbocycles. The molecule has 19 heavy (non-hydrogen) atoms. The van der Waals surface area contributed by atoms with Crippen molar-refractivity contribution in [2.45, 2.75) is 51.9 Å². The van der Waals surface area contributed by atoms with Crippen LogP contribution in [-0.2, 0) is 9.53 Å². The summed E-state index contributed by atoms with van der Waals surface area (Å²) in [5, 5.41) is 2.97. The van der Waals surface area contributed by atoms with E-state index >= 15 is 0 Å². The molecule has 0 radical (unpaired) electrons. The normalized spacial score (nSPS) is 18.6. The molecule has 0 atom stereocenters. The van der Waals surface area contributed by atoms with E-state index < -0.39 is 5.41 Å². The molecule has 3 N–H and O–H groups in total. The maximum atomic E-state index is 12.4. The zero-order chi connectivity index (χ0) is 14.1. The van der Waals surface area contributed by atoms with Gasteiger partial charge in [0.05, 0.1) is 10.4 Å². The van der Waals surface area contributed by atoms with Crippen molar-refractivity contribution in [3.8, 4) is 0 Å². The summed E-state index contributed by atoms with van der Waals surface area (Å²) in [6, 6.07) is 0. The third-order valence-electron chi connectivity index (χ3n) is 3.82. The molecular formula is C14H26N2O2S. The van der Waals surface area contributed by atoms with Crippen molar-refractivity contribution in [2.24, 2.45) is 11.1 Å². The fraction of sp³-hybridized carbons (Fsp3) is 0.857. The molecule has 0 aromatic heterocycles. The fourth-order valence-electron chi connectivity index (χ4n) is 2.61. The minimum atomic E-state index is -0.614. The topological polar surface area (TPSA) is 64.3 Å². The van der Waals surface area contributed by atoms with Gasteiger partial charge in [0.25, 0.3) is 0 Å². The van der Waals surface area contributed by atoms with Gasteiger partial charge in [-0.05, 0) is 26.2 Å². The lowest BCUT2D eigenvalue weighted by molar-refractivity contribution is -0.128. The van der Waals surface area contributed by atoms with Gasteiger partial charge in [0, 0.05) is 19.8 Å². The first-order valence-corrected chi connectivity index (χ1v) is 7.70. The predicted octanol–water partition coefficient (Wildman–Crippen LogP) is 2.16. The van der Waals surface area contributed by atoms with Crippen molar-refractivity contribution >= 4 is 23.1 Å². The van der Waals surface area contributed by atoms with Crippen LogP contribution in [0.3, 0.4) is 0 Å².